The van der Waals surface area contributed by atoms with E-state index >= 15 is 0 Å². The number of benzene rings is 2. The first-order chi connectivity index (χ1) is 15.6. The zero-order chi connectivity index (χ0) is 22.1. The van der Waals surface area contributed by atoms with E-state index in [9.17, 15) is 4.79 Å². The van der Waals surface area contributed by atoms with Crippen molar-refractivity contribution in [2.45, 2.75) is 0 Å². The summed E-state index contributed by atoms with van der Waals surface area (Å²) in [6.45, 7) is 3.47. The molecule has 0 spiro atoms. The van der Waals surface area contributed by atoms with Crippen LogP contribution in [0.4, 0.5) is 17.3 Å². The van der Waals surface area contributed by atoms with Gasteiger partial charge in [0.25, 0.3) is 0 Å². The molecule has 0 fully saturated rings. The summed E-state index contributed by atoms with van der Waals surface area (Å²) in [7, 11) is 2.02. The third-order valence-corrected chi connectivity index (χ3v) is 5.81. The van der Waals surface area contributed by atoms with Crippen molar-refractivity contribution in [3.63, 3.8) is 0 Å². The van der Waals surface area contributed by atoms with Crippen molar-refractivity contribution in [2.24, 2.45) is 7.05 Å². The number of thiophene rings is 1. The van der Waals surface area contributed by atoms with E-state index in [-0.39, 0.29) is 5.91 Å². The second kappa shape index (κ2) is 8.16. The van der Waals surface area contributed by atoms with Gasteiger partial charge in [0.05, 0.1) is 5.52 Å². The Labute approximate surface area is 188 Å². The minimum atomic E-state index is -0.285. The predicted octanol–water partition coefficient (Wildman–Crippen LogP) is 5.84. The fraction of sp³-hybridized carbons (Fsp3) is 0.0417. The molecule has 8 heteroatoms. The van der Waals surface area contributed by atoms with Gasteiger partial charge in [-0.2, -0.15) is 4.98 Å². The molecule has 0 atom stereocenters. The number of carbonyl (C=O) groups is 1. The van der Waals surface area contributed by atoms with Crippen molar-refractivity contribution in [3.05, 3.63) is 78.8 Å². The van der Waals surface area contributed by atoms with Gasteiger partial charge in [-0.1, -0.05) is 12.6 Å². The Morgan fingerprint density at radius 2 is 2.03 bits per heavy atom. The van der Waals surface area contributed by atoms with Crippen LogP contribution < -0.4 is 15.4 Å². The number of fused-ring (bicyclic) bond motifs is 2. The topological polar surface area (TPSA) is 81.1 Å². The van der Waals surface area contributed by atoms with Gasteiger partial charge in [0.2, 0.25) is 17.7 Å². The molecule has 2 N–H and O–H groups in total. The quantitative estimate of drug-likeness (QED) is 0.323. The molecule has 0 bridgehead atoms. The van der Waals surface area contributed by atoms with Crippen LogP contribution in [0.5, 0.6) is 11.6 Å². The highest BCUT2D eigenvalue weighted by atomic mass is 32.1. The van der Waals surface area contributed by atoms with E-state index in [4.69, 9.17) is 4.74 Å². The normalized spacial score (nSPS) is 10.9. The van der Waals surface area contributed by atoms with Crippen LogP contribution in [0.3, 0.4) is 0 Å². The van der Waals surface area contributed by atoms with Crippen LogP contribution in [0.1, 0.15) is 0 Å². The van der Waals surface area contributed by atoms with E-state index < -0.39 is 0 Å². The Bertz CT molecular complexity index is 1470. The average Bonchev–Trinajstić information content (AvgIpc) is 3.41. The van der Waals surface area contributed by atoms with E-state index in [2.05, 4.69) is 49.9 Å². The highest BCUT2D eigenvalue weighted by Gasteiger charge is 2.13. The molecule has 7 nitrogen and oxygen atoms in total. The molecule has 5 rings (SSSR count). The van der Waals surface area contributed by atoms with Crippen LogP contribution in [0, 0.1) is 0 Å². The molecule has 0 saturated heterocycles. The van der Waals surface area contributed by atoms with Gasteiger partial charge in [-0.15, -0.1) is 11.3 Å². The number of anilines is 3. The van der Waals surface area contributed by atoms with E-state index in [1.54, 1.807) is 18.2 Å². The lowest BCUT2D eigenvalue weighted by molar-refractivity contribution is -0.111. The number of nitrogens with one attached hydrogen (secondary N) is 2. The Balaban J connectivity index is 1.46. The summed E-state index contributed by atoms with van der Waals surface area (Å²) < 4.78 is 9.01. The molecule has 0 unspecified atom stereocenters. The molecular formula is C24H19N5O2S. The van der Waals surface area contributed by atoms with Crippen molar-refractivity contribution in [2.75, 3.05) is 10.6 Å². The van der Waals surface area contributed by atoms with Crippen molar-refractivity contribution in [1.82, 2.24) is 14.5 Å². The van der Waals surface area contributed by atoms with Crippen LogP contribution in [0.2, 0.25) is 0 Å². The van der Waals surface area contributed by atoms with Crippen molar-refractivity contribution >= 4 is 55.7 Å². The second-order valence-electron chi connectivity index (χ2n) is 7.14. The van der Waals surface area contributed by atoms with E-state index in [1.165, 1.54) is 17.4 Å². The van der Waals surface area contributed by atoms with Gasteiger partial charge >= 0.3 is 0 Å². The van der Waals surface area contributed by atoms with Gasteiger partial charge in [0, 0.05) is 41.6 Å². The van der Waals surface area contributed by atoms with Crippen LogP contribution in [-0.4, -0.2) is 20.4 Å². The summed E-state index contributed by atoms with van der Waals surface area (Å²) in [5.74, 6) is 1.15. The standard InChI is InChI=1S/C24H19N5O2S/c1-3-21(30)25-16-5-4-6-18(14-16)31-23-22-19(10-12-32-22)27-24(28-23)26-17-7-8-20-15(13-17)9-11-29(20)2/h3-14H,1H2,2H3,(H,25,30)(H,26,27,28). The lowest BCUT2D eigenvalue weighted by Gasteiger charge is -2.11. The smallest absolute Gasteiger partial charge is 0.247 e. The highest BCUT2D eigenvalue weighted by Crippen LogP contribution is 2.34. The number of carbonyl (C=O) groups excluding carboxylic acids is 1. The molecule has 5 aromatic rings. The van der Waals surface area contributed by atoms with Crippen molar-refractivity contribution < 1.29 is 9.53 Å². The fourth-order valence-corrected chi connectivity index (χ4v) is 4.15. The highest BCUT2D eigenvalue weighted by molar-refractivity contribution is 7.17. The minimum absolute atomic E-state index is 0.285. The molecule has 0 aliphatic carbocycles. The van der Waals surface area contributed by atoms with Gasteiger partial charge in [-0.05, 0) is 53.9 Å². The van der Waals surface area contributed by atoms with Crippen molar-refractivity contribution in [3.8, 4) is 11.6 Å². The SMILES string of the molecule is C=CC(=O)Nc1cccc(Oc2nc(Nc3ccc4c(ccn4C)c3)nc3ccsc23)c1. The number of nitrogens with zero attached hydrogens (tertiary/aromatic N) is 3. The number of rotatable bonds is 6. The van der Waals surface area contributed by atoms with Gasteiger partial charge in [0.1, 0.15) is 10.4 Å². The maximum atomic E-state index is 11.6. The Morgan fingerprint density at radius 3 is 2.91 bits per heavy atom. The summed E-state index contributed by atoms with van der Waals surface area (Å²) in [6.07, 6.45) is 3.25. The third-order valence-electron chi connectivity index (χ3n) is 4.92. The Morgan fingerprint density at radius 1 is 1.12 bits per heavy atom. The molecule has 3 aromatic heterocycles. The Hall–Kier alpha value is -4.17. The first-order valence-corrected chi connectivity index (χ1v) is 10.8. The Kier molecular flexibility index (Phi) is 5.04. The molecule has 3 heterocycles. The van der Waals surface area contributed by atoms with E-state index in [0.29, 0.717) is 23.3 Å². The molecule has 1 amide bonds. The first kappa shape index (κ1) is 19.8. The zero-order valence-corrected chi connectivity index (χ0v) is 18.0. The average molecular weight is 442 g/mol. The van der Waals surface area contributed by atoms with Crippen LogP contribution in [0.15, 0.2) is 78.8 Å². The van der Waals surface area contributed by atoms with Gasteiger partial charge < -0.3 is 19.9 Å². The maximum Gasteiger partial charge on any atom is 0.247 e. The lowest BCUT2D eigenvalue weighted by Crippen LogP contribution is -2.07. The molecule has 2 aromatic carbocycles. The maximum absolute atomic E-state index is 11.6. The molecule has 0 radical (unpaired) electrons. The van der Waals surface area contributed by atoms with Crippen LogP contribution in [-0.2, 0) is 11.8 Å². The number of aromatic nitrogens is 3. The third kappa shape index (κ3) is 3.91. The molecule has 0 aliphatic heterocycles. The van der Waals surface area contributed by atoms with Gasteiger partial charge in [-0.25, -0.2) is 4.98 Å². The van der Waals surface area contributed by atoms with Crippen molar-refractivity contribution in [1.29, 1.82) is 0 Å². The lowest BCUT2D eigenvalue weighted by atomic mass is 10.2. The van der Waals surface area contributed by atoms with E-state index in [0.717, 1.165) is 26.8 Å². The van der Waals surface area contributed by atoms with E-state index in [1.807, 2.05) is 36.8 Å². The summed E-state index contributed by atoms with van der Waals surface area (Å²) >= 11 is 1.51. The molecule has 32 heavy (non-hydrogen) atoms. The van der Waals surface area contributed by atoms with Crippen LogP contribution >= 0.6 is 11.3 Å². The number of aryl methyl sites for hydroxylation is 1. The fourth-order valence-electron chi connectivity index (χ4n) is 3.39. The summed E-state index contributed by atoms with van der Waals surface area (Å²) in [5.41, 5.74) is 3.44. The molecule has 0 aliphatic rings. The zero-order valence-electron chi connectivity index (χ0n) is 17.2. The van der Waals surface area contributed by atoms with Crippen LogP contribution in [0.25, 0.3) is 21.1 Å². The number of hydrogen-bond donors (Lipinski definition) is 2. The first-order valence-electron chi connectivity index (χ1n) is 9.88. The minimum Gasteiger partial charge on any atom is -0.437 e. The molecular weight excluding hydrogens is 422 g/mol. The number of ether oxygens (including phenoxy) is 1. The molecule has 0 saturated carbocycles. The molecule has 158 valence electrons. The monoisotopic (exact) mass is 441 g/mol. The summed E-state index contributed by atoms with van der Waals surface area (Å²) in [4.78, 5) is 20.8. The number of amides is 1. The summed E-state index contributed by atoms with van der Waals surface area (Å²) in [6, 6.07) is 17.2. The summed E-state index contributed by atoms with van der Waals surface area (Å²) in [5, 5.41) is 9.09. The second-order valence-corrected chi connectivity index (χ2v) is 8.05. The predicted molar refractivity (Wildman–Crippen MR) is 129 cm³/mol. The largest absolute Gasteiger partial charge is 0.437 e. The number of hydrogen-bond acceptors (Lipinski definition) is 6. The van der Waals surface area contributed by atoms with Gasteiger partial charge in [-0.3, -0.25) is 4.79 Å². The van der Waals surface area contributed by atoms with Gasteiger partial charge in [0.15, 0.2) is 0 Å².